The molecule has 1 heterocycles. The Labute approximate surface area is 186 Å². The number of carbonyl (C=O) groups is 1. The third kappa shape index (κ3) is 6.09. The van der Waals surface area contributed by atoms with Gasteiger partial charge in [0.2, 0.25) is 5.91 Å². The molecule has 0 unspecified atom stereocenters. The molecule has 1 aromatic rings. The number of hydrogen-bond donors (Lipinski definition) is 2. The Bertz CT molecular complexity index is 634. The Morgan fingerprint density at radius 1 is 1.29 bits per heavy atom. The fourth-order valence-electron chi connectivity index (χ4n) is 3.95. The summed E-state index contributed by atoms with van der Waals surface area (Å²) in [5.74, 6) is 2.11. The molecule has 0 saturated heterocycles. The van der Waals surface area contributed by atoms with Gasteiger partial charge in [0.15, 0.2) is 11.7 Å². The van der Waals surface area contributed by atoms with Crippen LogP contribution in [0.3, 0.4) is 0 Å². The average Bonchev–Trinajstić information content (AvgIpc) is 3.33. The number of aliphatic imine (C=N–C) groups is 1. The van der Waals surface area contributed by atoms with Crippen LogP contribution in [-0.4, -0.2) is 49.6 Å². The molecule has 0 aliphatic heterocycles. The van der Waals surface area contributed by atoms with E-state index < -0.39 is 0 Å². The molecule has 2 rings (SSSR count). The van der Waals surface area contributed by atoms with E-state index in [2.05, 4.69) is 34.6 Å². The van der Waals surface area contributed by atoms with Crippen LogP contribution in [0.25, 0.3) is 0 Å². The van der Waals surface area contributed by atoms with E-state index in [-0.39, 0.29) is 35.3 Å². The predicted octanol–water partition coefficient (Wildman–Crippen LogP) is 3.51. The van der Waals surface area contributed by atoms with Crippen LogP contribution in [0.4, 0.5) is 0 Å². The number of nitrogens with zero attached hydrogens (tertiary/aromatic N) is 3. The molecule has 160 valence electrons. The summed E-state index contributed by atoms with van der Waals surface area (Å²) < 4.78 is 5.46. The van der Waals surface area contributed by atoms with Crippen LogP contribution in [0.2, 0.25) is 0 Å². The van der Waals surface area contributed by atoms with Crippen molar-refractivity contribution >= 4 is 35.8 Å². The number of guanidine groups is 1. The van der Waals surface area contributed by atoms with E-state index in [4.69, 9.17) is 4.52 Å². The highest BCUT2D eigenvalue weighted by Gasteiger charge is 2.42. The van der Waals surface area contributed by atoms with Crippen LogP contribution in [0.15, 0.2) is 15.6 Å². The minimum absolute atomic E-state index is 0. The van der Waals surface area contributed by atoms with E-state index in [1.807, 2.05) is 20.2 Å². The van der Waals surface area contributed by atoms with Gasteiger partial charge < -0.3 is 20.1 Å². The zero-order valence-electron chi connectivity index (χ0n) is 17.9. The van der Waals surface area contributed by atoms with Gasteiger partial charge in [-0.2, -0.15) is 0 Å². The summed E-state index contributed by atoms with van der Waals surface area (Å²) in [6, 6.07) is 2.02. The maximum atomic E-state index is 12.7. The van der Waals surface area contributed by atoms with E-state index in [0.717, 1.165) is 50.0 Å². The molecule has 1 aliphatic rings. The minimum atomic E-state index is -0.323. The summed E-state index contributed by atoms with van der Waals surface area (Å²) in [6.07, 6.45) is 6.17. The SMILES string of the molecule is CCC(CC)c1cc(CNC(=NC)NCC2(C(=O)N(C)C)CCCC2)on1.I. The molecule has 1 fully saturated rings. The molecule has 2 N–H and O–H groups in total. The van der Waals surface area contributed by atoms with E-state index in [1.54, 1.807) is 11.9 Å². The van der Waals surface area contributed by atoms with Gasteiger partial charge in [0.05, 0.1) is 17.7 Å². The lowest BCUT2D eigenvalue weighted by atomic mass is 9.84. The fraction of sp³-hybridized carbons (Fsp3) is 0.750. The van der Waals surface area contributed by atoms with Gasteiger partial charge >= 0.3 is 0 Å². The molecule has 0 spiro atoms. The van der Waals surface area contributed by atoms with Crippen molar-refractivity contribution in [3.63, 3.8) is 0 Å². The lowest BCUT2D eigenvalue weighted by Crippen LogP contribution is -2.49. The topological polar surface area (TPSA) is 82.8 Å². The van der Waals surface area contributed by atoms with Gasteiger partial charge in [-0.15, -0.1) is 24.0 Å². The Morgan fingerprint density at radius 3 is 2.46 bits per heavy atom. The maximum absolute atomic E-state index is 12.7. The zero-order valence-corrected chi connectivity index (χ0v) is 20.2. The molecule has 1 amide bonds. The molecule has 7 nitrogen and oxygen atoms in total. The maximum Gasteiger partial charge on any atom is 0.230 e. The number of carbonyl (C=O) groups excluding carboxylic acids is 1. The van der Waals surface area contributed by atoms with Crippen LogP contribution in [-0.2, 0) is 11.3 Å². The van der Waals surface area contributed by atoms with E-state index in [1.165, 1.54) is 0 Å². The van der Waals surface area contributed by atoms with E-state index in [0.29, 0.717) is 25.0 Å². The number of hydrogen-bond acceptors (Lipinski definition) is 4. The van der Waals surface area contributed by atoms with Crippen LogP contribution >= 0.6 is 24.0 Å². The van der Waals surface area contributed by atoms with Gasteiger partial charge in [-0.25, -0.2) is 0 Å². The standard InChI is InChI=1S/C20H35N5O2.HI/c1-6-15(7-2)17-12-16(27-24-17)13-22-19(21-3)23-14-20(10-8-9-11-20)18(26)25(4)5;/h12,15H,6-11,13-14H2,1-5H3,(H2,21,22,23);1H. The molecule has 0 aromatic carbocycles. The minimum Gasteiger partial charge on any atom is -0.359 e. The highest BCUT2D eigenvalue weighted by Crippen LogP contribution is 2.38. The van der Waals surface area contributed by atoms with E-state index >= 15 is 0 Å². The number of halogens is 1. The van der Waals surface area contributed by atoms with Crippen LogP contribution < -0.4 is 10.6 Å². The van der Waals surface area contributed by atoms with Gasteiger partial charge in [0.25, 0.3) is 0 Å². The number of nitrogens with one attached hydrogen (secondary N) is 2. The molecule has 0 radical (unpaired) electrons. The van der Waals surface area contributed by atoms with Crippen molar-refractivity contribution in [3.05, 3.63) is 17.5 Å². The number of rotatable bonds is 8. The second kappa shape index (κ2) is 11.6. The van der Waals surface area contributed by atoms with Crippen molar-refractivity contribution < 1.29 is 9.32 Å². The first-order valence-electron chi connectivity index (χ1n) is 10.1. The number of aromatic nitrogens is 1. The highest BCUT2D eigenvalue weighted by atomic mass is 127. The zero-order chi connectivity index (χ0) is 19.9. The third-order valence-corrected chi connectivity index (χ3v) is 5.65. The first-order valence-corrected chi connectivity index (χ1v) is 10.1. The second-order valence-electron chi connectivity index (χ2n) is 7.70. The Balaban J connectivity index is 0.00000392. The van der Waals surface area contributed by atoms with Crippen molar-refractivity contribution in [3.8, 4) is 0 Å². The first kappa shape index (κ1) is 24.7. The summed E-state index contributed by atoms with van der Waals surface area (Å²) >= 11 is 0. The smallest absolute Gasteiger partial charge is 0.230 e. The molecule has 0 bridgehead atoms. The summed E-state index contributed by atoms with van der Waals surface area (Å²) in [4.78, 5) is 18.7. The fourth-order valence-corrected chi connectivity index (χ4v) is 3.95. The van der Waals surface area contributed by atoms with Gasteiger partial charge in [-0.05, 0) is 25.7 Å². The summed E-state index contributed by atoms with van der Waals surface area (Å²) in [7, 11) is 5.40. The van der Waals surface area contributed by atoms with E-state index in [9.17, 15) is 4.79 Å². The Morgan fingerprint density at radius 2 is 1.93 bits per heavy atom. The summed E-state index contributed by atoms with van der Waals surface area (Å²) in [6.45, 7) is 5.45. The molecule has 1 saturated carbocycles. The Kier molecular flexibility index (Phi) is 10.3. The predicted molar refractivity (Wildman–Crippen MR) is 123 cm³/mol. The lowest BCUT2D eigenvalue weighted by Gasteiger charge is -2.31. The summed E-state index contributed by atoms with van der Waals surface area (Å²) in [5.41, 5.74) is 0.692. The monoisotopic (exact) mass is 505 g/mol. The Hall–Kier alpha value is -1.32. The third-order valence-electron chi connectivity index (χ3n) is 5.65. The average molecular weight is 505 g/mol. The lowest BCUT2D eigenvalue weighted by molar-refractivity contribution is -0.138. The molecule has 28 heavy (non-hydrogen) atoms. The van der Waals surface area contributed by atoms with Crippen molar-refractivity contribution in [2.75, 3.05) is 27.7 Å². The normalized spacial score (nSPS) is 16.0. The van der Waals surface area contributed by atoms with Gasteiger partial charge in [0, 0.05) is 39.7 Å². The highest BCUT2D eigenvalue weighted by molar-refractivity contribution is 14.0. The molecular formula is C20H36IN5O2. The van der Waals surface area contributed by atoms with Crippen LogP contribution in [0.5, 0.6) is 0 Å². The summed E-state index contributed by atoms with van der Waals surface area (Å²) in [5, 5.41) is 10.8. The van der Waals surface area contributed by atoms with Gasteiger partial charge in [-0.1, -0.05) is 31.8 Å². The van der Waals surface area contributed by atoms with Crippen molar-refractivity contribution in [1.82, 2.24) is 20.7 Å². The molecule has 0 atom stereocenters. The molecular weight excluding hydrogens is 469 g/mol. The van der Waals surface area contributed by atoms with Gasteiger partial charge in [-0.3, -0.25) is 9.79 Å². The van der Waals surface area contributed by atoms with Crippen LogP contribution in [0, 0.1) is 5.41 Å². The molecule has 8 heteroatoms. The van der Waals surface area contributed by atoms with Crippen LogP contribution in [0.1, 0.15) is 69.7 Å². The van der Waals surface area contributed by atoms with Crippen molar-refractivity contribution in [2.24, 2.45) is 10.4 Å². The number of amides is 1. The van der Waals surface area contributed by atoms with Crippen molar-refractivity contribution in [1.29, 1.82) is 0 Å². The largest absolute Gasteiger partial charge is 0.359 e. The second-order valence-corrected chi connectivity index (χ2v) is 7.70. The molecule has 1 aromatic heterocycles. The molecule has 1 aliphatic carbocycles. The quantitative estimate of drug-likeness (QED) is 0.321. The van der Waals surface area contributed by atoms with Crippen molar-refractivity contribution in [2.45, 2.75) is 64.8 Å². The van der Waals surface area contributed by atoms with Gasteiger partial charge in [0.1, 0.15) is 0 Å². The first-order chi connectivity index (χ1) is 13.0.